The van der Waals surface area contributed by atoms with Crippen molar-refractivity contribution >= 4 is 39.4 Å². The summed E-state index contributed by atoms with van der Waals surface area (Å²) in [7, 11) is 0. The number of rotatable bonds is 7. The molecular formula is C28H26N6O3. The van der Waals surface area contributed by atoms with Crippen LogP contribution in [0.4, 0.5) is 11.6 Å². The van der Waals surface area contributed by atoms with Crippen molar-refractivity contribution < 1.29 is 14.3 Å². The van der Waals surface area contributed by atoms with Crippen LogP contribution in [0.25, 0.3) is 21.8 Å². The van der Waals surface area contributed by atoms with Gasteiger partial charge < -0.3 is 19.8 Å². The van der Waals surface area contributed by atoms with Crippen molar-refractivity contribution in [3.8, 4) is 23.7 Å². The van der Waals surface area contributed by atoms with E-state index in [1.54, 1.807) is 18.2 Å². The number of fused-ring (bicyclic) bond motifs is 2. The largest absolute Gasteiger partial charge is 0.417 e. The maximum Gasteiger partial charge on any atom is 0.389 e. The lowest BCUT2D eigenvalue weighted by atomic mass is 10.2. The van der Waals surface area contributed by atoms with E-state index in [0.29, 0.717) is 40.3 Å². The maximum absolute atomic E-state index is 12.3. The van der Waals surface area contributed by atoms with Crippen LogP contribution in [0, 0.1) is 23.2 Å². The Hall–Kier alpha value is -4.44. The van der Waals surface area contributed by atoms with Gasteiger partial charge in [-0.05, 0) is 43.7 Å². The highest BCUT2D eigenvalue weighted by atomic mass is 16.5. The number of carbonyl (C=O) groups is 1. The number of carbonyl (C=O) groups excluding carboxylic acids is 1. The number of hydrogen-bond donors (Lipinski definition) is 2. The fraction of sp³-hybridized carbons (Fsp3) is 0.286. The highest BCUT2D eigenvalue weighted by Gasteiger charge is 2.14. The van der Waals surface area contributed by atoms with Gasteiger partial charge in [0.05, 0.1) is 18.7 Å². The number of H-pyrrole nitrogens is 1. The van der Waals surface area contributed by atoms with Gasteiger partial charge in [0.15, 0.2) is 0 Å². The topological polar surface area (TPSA) is 116 Å². The first-order valence-corrected chi connectivity index (χ1v) is 12.2. The van der Waals surface area contributed by atoms with Crippen LogP contribution in [-0.2, 0) is 9.53 Å². The normalized spacial score (nSPS) is 13.6. The molecule has 5 rings (SSSR count). The van der Waals surface area contributed by atoms with Gasteiger partial charge in [-0.25, -0.2) is 14.8 Å². The van der Waals surface area contributed by atoms with E-state index < -0.39 is 5.97 Å². The Morgan fingerprint density at radius 3 is 2.86 bits per heavy atom. The van der Waals surface area contributed by atoms with E-state index in [9.17, 15) is 10.1 Å². The fourth-order valence-corrected chi connectivity index (χ4v) is 4.31. The summed E-state index contributed by atoms with van der Waals surface area (Å²) in [6, 6.07) is 14.9. The summed E-state index contributed by atoms with van der Waals surface area (Å²) in [6.07, 6.45) is 4.05. The molecule has 2 aromatic carbocycles. The number of benzene rings is 2. The van der Waals surface area contributed by atoms with Gasteiger partial charge in [0, 0.05) is 41.7 Å². The van der Waals surface area contributed by atoms with Crippen LogP contribution in [0.1, 0.15) is 24.8 Å². The maximum atomic E-state index is 12.3. The second-order valence-corrected chi connectivity index (χ2v) is 8.66. The zero-order valence-corrected chi connectivity index (χ0v) is 20.3. The molecule has 0 radical (unpaired) electrons. The summed E-state index contributed by atoms with van der Waals surface area (Å²) in [4.78, 5) is 26.5. The molecule has 0 spiro atoms. The molecule has 0 amide bonds. The first-order chi connectivity index (χ1) is 18.2. The van der Waals surface area contributed by atoms with Crippen LogP contribution >= 0.6 is 0 Å². The Balaban J connectivity index is 1.23. The van der Waals surface area contributed by atoms with Crippen LogP contribution in [0.2, 0.25) is 0 Å². The van der Waals surface area contributed by atoms with E-state index in [1.165, 1.54) is 6.33 Å². The minimum absolute atomic E-state index is 0.342. The van der Waals surface area contributed by atoms with Gasteiger partial charge in [0.2, 0.25) is 0 Å². The molecule has 0 saturated carbocycles. The molecule has 9 heteroatoms. The van der Waals surface area contributed by atoms with E-state index in [-0.39, 0.29) is 0 Å². The molecule has 2 N–H and O–H groups in total. The summed E-state index contributed by atoms with van der Waals surface area (Å²) in [5.41, 5.74) is 2.00. The van der Waals surface area contributed by atoms with Crippen LogP contribution in [0.3, 0.4) is 0 Å². The second kappa shape index (κ2) is 11.5. The van der Waals surface area contributed by atoms with Crippen molar-refractivity contribution in [1.29, 1.82) is 5.26 Å². The molecule has 0 aliphatic carbocycles. The lowest BCUT2D eigenvalue weighted by Crippen LogP contribution is -2.36. The molecule has 0 bridgehead atoms. The molecule has 186 valence electrons. The Kier molecular flexibility index (Phi) is 7.56. The predicted octanol–water partition coefficient (Wildman–Crippen LogP) is 4.14. The first kappa shape index (κ1) is 24.3. The Morgan fingerprint density at radius 1 is 1.14 bits per heavy atom. The number of morpholine rings is 1. The first-order valence-electron chi connectivity index (χ1n) is 12.2. The average molecular weight is 495 g/mol. The van der Waals surface area contributed by atoms with Gasteiger partial charge in [-0.3, -0.25) is 4.90 Å². The third-order valence-electron chi connectivity index (χ3n) is 6.20. The van der Waals surface area contributed by atoms with Crippen molar-refractivity contribution in [2.45, 2.75) is 19.3 Å². The van der Waals surface area contributed by atoms with Gasteiger partial charge in [-0.15, -0.1) is 0 Å². The van der Waals surface area contributed by atoms with E-state index >= 15 is 0 Å². The van der Waals surface area contributed by atoms with Crippen molar-refractivity contribution in [2.24, 2.45) is 0 Å². The molecule has 1 saturated heterocycles. The summed E-state index contributed by atoms with van der Waals surface area (Å²) in [5, 5.41) is 14.4. The highest BCUT2D eigenvalue weighted by Crippen LogP contribution is 2.31. The van der Waals surface area contributed by atoms with Gasteiger partial charge in [0.1, 0.15) is 35.3 Å². The molecule has 0 unspecified atom stereocenters. The summed E-state index contributed by atoms with van der Waals surface area (Å²) < 4.78 is 10.8. The van der Waals surface area contributed by atoms with Crippen molar-refractivity contribution in [2.75, 3.05) is 38.2 Å². The van der Waals surface area contributed by atoms with E-state index in [0.717, 1.165) is 56.6 Å². The molecule has 4 aromatic rings. The van der Waals surface area contributed by atoms with Crippen LogP contribution in [-0.4, -0.2) is 58.7 Å². The van der Waals surface area contributed by atoms with Gasteiger partial charge >= 0.3 is 5.97 Å². The smallest absolute Gasteiger partial charge is 0.389 e. The van der Waals surface area contributed by atoms with Gasteiger partial charge in [-0.1, -0.05) is 24.1 Å². The third-order valence-corrected chi connectivity index (χ3v) is 6.20. The van der Waals surface area contributed by atoms with E-state index in [4.69, 9.17) is 9.47 Å². The quantitative estimate of drug-likeness (QED) is 0.129. The molecule has 37 heavy (non-hydrogen) atoms. The molecule has 1 fully saturated rings. The number of anilines is 2. The zero-order chi connectivity index (χ0) is 25.5. The predicted molar refractivity (Wildman–Crippen MR) is 140 cm³/mol. The van der Waals surface area contributed by atoms with Crippen molar-refractivity contribution in [3.05, 3.63) is 54.4 Å². The van der Waals surface area contributed by atoms with E-state index in [2.05, 4.69) is 43.1 Å². The van der Waals surface area contributed by atoms with Crippen LogP contribution in [0.5, 0.6) is 5.75 Å². The number of hydrogen-bond acceptors (Lipinski definition) is 8. The Bertz CT molecular complexity index is 1520. The number of unbranched alkanes of at least 4 members (excludes halogenated alkanes) is 2. The molecule has 0 atom stereocenters. The van der Waals surface area contributed by atoms with Crippen LogP contribution in [0.15, 0.2) is 48.8 Å². The minimum Gasteiger partial charge on any atom is -0.417 e. The number of esters is 1. The van der Waals surface area contributed by atoms with Gasteiger partial charge in [0.25, 0.3) is 0 Å². The molecular weight excluding hydrogens is 468 g/mol. The Morgan fingerprint density at radius 2 is 2.00 bits per heavy atom. The SMILES string of the molecule is N#Cc1c(Nc2ncnc3ccc(OC(=O)C#CCCCCN4CCOCC4)cc23)[nH]c2ccccc12. The number of para-hydroxylation sites is 1. The standard InChI is InChI=1S/C28H26N6O3/c29-18-23-21-7-4-5-8-25(21)32-28(23)33-27-22-17-20(10-11-24(22)30-19-31-27)37-26(35)9-3-1-2-6-12-34-13-15-36-16-14-34/h4-5,7-8,10-11,17,19,32H,1-2,6,12-16H2,(H,30,31,33). The van der Waals surface area contributed by atoms with Crippen molar-refractivity contribution in [3.63, 3.8) is 0 Å². The van der Waals surface area contributed by atoms with Gasteiger partial charge in [-0.2, -0.15) is 5.26 Å². The summed E-state index contributed by atoms with van der Waals surface area (Å²) in [6.45, 7) is 4.59. The average Bonchev–Trinajstić information content (AvgIpc) is 3.28. The van der Waals surface area contributed by atoms with Crippen molar-refractivity contribution in [1.82, 2.24) is 19.9 Å². The van der Waals surface area contributed by atoms with E-state index in [1.807, 2.05) is 24.3 Å². The number of ether oxygens (including phenoxy) is 2. The number of nitrogens with zero attached hydrogens (tertiary/aromatic N) is 4. The number of aromatic nitrogens is 3. The Labute approximate surface area is 214 Å². The molecule has 2 aromatic heterocycles. The molecule has 9 nitrogen and oxygen atoms in total. The lowest BCUT2D eigenvalue weighted by Gasteiger charge is -2.26. The molecule has 1 aliphatic rings. The third kappa shape index (κ3) is 5.87. The highest BCUT2D eigenvalue weighted by molar-refractivity contribution is 5.97. The number of nitriles is 1. The zero-order valence-electron chi connectivity index (χ0n) is 20.3. The second-order valence-electron chi connectivity index (χ2n) is 8.66. The number of aromatic amines is 1. The monoisotopic (exact) mass is 494 g/mol. The lowest BCUT2D eigenvalue weighted by molar-refractivity contribution is -0.128. The fourth-order valence-electron chi connectivity index (χ4n) is 4.31. The summed E-state index contributed by atoms with van der Waals surface area (Å²) >= 11 is 0. The summed E-state index contributed by atoms with van der Waals surface area (Å²) in [5.74, 6) is 6.23. The molecule has 3 heterocycles. The van der Waals surface area contributed by atoms with Crippen LogP contribution < -0.4 is 10.1 Å². The molecule has 1 aliphatic heterocycles. The number of nitrogens with one attached hydrogen (secondary N) is 2. The minimum atomic E-state index is -0.610.